The second-order valence-corrected chi connectivity index (χ2v) is 6.97. The highest BCUT2D eigenvalue weighted by Gasteiger charge is 2.26. The summed E-state index contributed by atoms with van der Waals surface area (Å²) in [5.41, 5.74) is 1.69. The summed E-state index contributed by atoms with van der Waals surface area (Å²) in [5.74, 6) is -0.286. The maximum absolute atomic E-state index is 13.0. The van der Waals surface area contributed by atoms with Crippen molar-refractivity contribution < 1.29 is 18.8 Å². The normalized spacial score (nSPS) is 11.9. The van der Waals surface area contributed by atoms with E-state index in [-0.39, 0.29) is 29.5 Å². The first-order valence-electron chi connectivity index (χ1n) is 9.59. The van der Waals surface area contributed by atoms with Crippen molar-refractivity contribution in [2.45, 2.75) is 33.7 Å². The Hall–Kier alpha value is -3.62. The van der Waals surface area contributed by atoms with Gasteiger partial charge in [-0.15, -0.1) is 0 Å². The molecule has 0 saturated heterocycles. The molecular formula is C21H23N5O4. The number of pyridine rings is 2. The van der Waals surface area contributed by atoms with Crippen LogP contribution < -0.4 is 5.32 Å². The molecule has 1 N–H and O–H groups in total. The van der Waals surface area contributed by atoms with Gasteiger partial charge in [-0.3, -0.25) is 14.8 Å². The lowest BCUT2D eigenvalue weighted by atomic mass is 10.0. The molecule has 0 aliphatic carbocycles. The van der Waals surface area contributed by atoms with Crippen molar-refractivity contribution in [3.63, 3.8) is 0 Å². The molecule has 156 valence electrons. The van der Waals surface area contributed by atoms with Crippen LogP contribution in [0.25, 0.3) is 11.4 Å². The molecule has 0 fully saturated rings. The molecule has 0 radical (unpaired) electrons. The zero-order chi connectivity index (χ0) is 21.7. The Bertz CT molecular complexity index is 1030. The number of nitrogens with zero attached hydrogens (tertiary/aromatic N) is 4. The van der Waals surface area contributed by atoms with Gasteiger partial charge >= 0.3 is 5.97 Å². The Kier molecular flexibility index (Phi) is 6.51. The summed E-state index contributed by atoms with van der Waals surface area (Å²) < 4.78 is 10.4. The van der Waals surface area contributed by atoms with Crippen LogP contribution in [0, 0.1) is 12.8 Å². The Labute approximate surface area is 173 Å². The van der Waals surface area contributed by atoms with Crippen molar-refractivity contribution in [3.05, 3.63) is 59.5 Å². The number of ether oxygens (including phenoxy) is 1. The van der Waals surface area contributed by atoms with E-state index in [4.69, 9.17) is 9.26 Å². The summed E-state index contributed by atoms with van der Waals surface area (Å²) in [5, 5.41) is 6.90. The third-order valence-electron chi connectivity index (χ3n) is 4.42. The third kappa shape index (κ3) is 4.68. The molecular weight excluding hydrogens is 386 g/mol. The molecule has 1 unspecified atom stereocenters. The quantitative estimate of drug-likeness (QED) is 0.591. The maximum atomic E-state index is 13.0. The van der Waals surface area contributed by atoms with Crippen molar-refractivity contribution in [1.82, 2.24) is 25.4 Å². The first-order chi connectivity index (χ1) is 14.4. The van der Waals surface area contributed by atoms with E-state index >= 15 is 0 Å². The Morgan fingerprint density at radius 3 is 2.73 bits per heavy atom. The monoisotopic (exact) mass is 409 g/mol. The van der Waals surface area contributed by atoms with Gasteiger partial charge in [0.05, 0.1) is 23.4 Å². The summed E-state index contributed by atoms with van der Waals surface area (Å²) in [4.78, 5) is 37.6. The molecule has 3 aromatic rings. The summed E-state index contributed by atoms with van der Waals surface area (Å²) in [6, 6.07) is 4.54. The molecule has 0 aromatic carbocycles. The number of nitrogens with one attached hydrogen (secondary N) is 1. The number of aryl methyl sites for hydroxylation is 1. The van der Waals surface area contributed by atoms with E-state index in [9.17, 15) is 9.59 Å². The van der Waals surface area contributed by atoms with Crippen LogP contribution in [0.15, 0.2) is 41.3 Å². The summed E-state index contributed by atoms with van der Waals surface area (Å²) >= 11 is 0. The minimum absolute atomic E-state index is 0.0300. The number of rotatable bonds is 7. The molecule has 3 aromatic heterocycles. The maximum Gasteiger partial charge on any atom is 0.339 e. The fourth-order valence-electron chi connectivity index (χ4n) is 2.80. The number of carbonyl (C=O) groups excluding carboxylic acids is 2. The minimum Gasteiger partial charge on any atom is -0.462 e. The number of esters is 1. The van der Waals surface area contributed by atoms with Crippen LogP contribution in [0.3, 0.4) is 0 Å². The second-order valence-electron chi connectivity index (χ2n) is 6.97. The smallest absolute Gasteiger partial charge is 0.339 e. The molecule has 1 amide bonds. The Balaban J connectivity index is 1.84. The summed E-state index contributed by atoms with van der Waals surface area (Å²) in [6.07, 6.45) is 4.68. The highest BCUT2D eigenvalue weighted by molar-refractivity contribution is 5.98. The number of aromatic nitrogens is 4. The molecule has 0 aliphatic heterocycles. The number of hydrogen-bond acceptors (Lipinski definition) is 8. The van der Waals surface area contributed by atoms with E-state index in [0.717, 1.165) is 0 Å². The molecule has 3 rings (SSSR count). The Morgan fingerprint density at radius 1 is 1.27 bits per heavy atom. The molecule has 0 bridgehead atoms. The number of carbonyl (C=O) groups is 2. The van der Waals surface area contributed by atoms with Gasteiger partial charge in [0, 0.05) is 24.2 Å². The second kappa shape index (κ2) is 9.25. The van der Waals surface area contributed by atoms with E-state index in [2.05, 4.69) is 25.4 Å². The minimum atomic E-state index is -0.530. The number of hydrogen-bond donors (Lipinski definition) is 1. The van der Waals surface area contributed by atoms with Gasteiger partial charge in [-0.1, -0.05) is 19.0 Å². The topological polar surface area (TPSA) is 120 Å². The van der Waals surface area contributed by atoms with Gasteiger partial charge < -0.3 is 14.6 Å². The van der Waals surface area contributed by atoms with Gasteiger partial charge in [0.25, 0.3) is 5.91 Å². The van der Waals surface area contributed by atoms with Crippen LogP contribution in [-0.4, -0.2) is 38.6 Å². The fraction of sp³-hybridized carbons (Fsp3) is 0.333. The first-order valence-corrected chi connectivity index (χ1v) is 9.59. The average molecular weight is 409 g/mol. The first kappa shape index (κ1) is 21.1. The van der Waals surface area contributed by atoms with Gasteiger partial charge in [0.15, 0.2) is 0 Å². The van der Waals surface area contributed by atoms with E-state index < -0.39 is 17.9 Å². The fourth-order valence-corrected chi connectivity index (χ4v) is 2.80. The molecule has 0 spiro atoms. The number of amides is 1. The SMILES string of the molecule is CCOC(=O)c1cnc(C)c(C(=O)NC(c2nc(-c3cccnc3)no2)C(C)C)c1. The van der Waals surface area contributed by atoms with Crippen LogP contribution in [0.2, 0.25) is 0 Å². The van der Waals surface area contributed by atoms with E-state index in [0.29, 0.717) is 17.1 Å². The highest BCUT2D eigenvalue weighted by atomic mass is 16.5. The van der Waals surface area contributed by atoms with Crippen molar-refractivity contribution in [1.29, 1.82) is 0 Å². The lowest BCUT2D eigenvalue weighted by Crippen LogP contribution is -2.32. The van der Waals surface area contributed by atoms with Gasteiger partial charge in [-0.2, -0.15) is 4.98 Å². The van der Waals surface area contributed by atoms with Crippen molar-refractivity contribution >= 4 is 11.9 Å². The van der Waals surface area contributed by atoms with Crippen molar-refractivity contribution in [2.75, 3.05) is 6.61 Å². The van der Waals surface area contributed by atoms with E-state index in [1.807, 2.05) is 19.9 Å². The zero-order valence-electron chi connectivity index (χ0n) is 17.2. The van der Waals surface area contributed by atoms with Crippen LogP contribution in [-0.2, 0) is 4.74 Å². The predicted molar refractivity (Wildman–Crippen MR) is 108 cm³/mol. The molecule has 1 atom stereocenters. The van der Waals surface area contributed by atoms with E-state index in [1.165, 1.54) is 12.3 Å². The van der Waals surface area contributed by atoms with E-state index in [1.54, 1.807) is 32.3 Å². The van der Waals surface area contributed by atoms with Gasteiger partial charge in [0.1, 0.15) is 6.04 Å². The largest absolute Gasteiger partial charge is 0.462 e. The van der Waals surface area contributed by atoms with Crippen LogP contribution in [0.1, 0.15) is 59.1 Å². The molecule has 3 heterocycles. The van der Waals surface area contributed by atoms with Crippen molar-refractivity contribution in [3.8, 4) is 11.4 Å². The highest BCUT2D eigenvalue weighted by Crippen LogP contribution is 2.24. The Morgan fingerprint density at radius 2 is 2.07 bits per heavy atom. The van der Waals surface area contributed by atoms with Crippen LogP contribution in [0.4, 0.5) is 0 Å². The molecule has 9 nitrogen and oxygen atoms in total. The standard InChI is InChI=1S/C21H23N5O4/c1-5-29-21(28)15-9-16(13(4)23-11-15)19(27)24-17(12(2)3)20-25-18(26-30-20)14-7-6-8-22-10-14/h6-12,17H,5H2,1-4H3,(H,24,27). The van der Waals surface area contributed by atoms with Crippen LogP contribution in [0.5, 0.6) is 0 Å². The lowest BCUT2D eigenvalue weighted by molar-refractivity contribution is 0.0526. The molecule has 0 saturated carbocycles. The zero-order valence-corrected chi connectivity index (χ0v) is 17.2. The summed E-state index contributed by atoms with van der Waals surface area (Å²) in [6.45, 7) is 7.50. The van der Waals surface area contributed by atoms with Crippen molar-refractivity contribution in [2.24, 2.45) is 5.92 Å². The van der Waals surface area contributed by atoms with Crippen LogP contribution >= 0.6 is 0 Å². The molecule has 0 aliphatic rings. The average Bonchev–Trinajstić information content (AvgIpc) is 3.22. The lowest BCUT2D eigenvalue weighted by Gasteiger charge is -2.19. The van der Waals surface area contributed by atoms with Gasteiger partial charge in [-0.05, 0) is 38.0 Å². The third-order valence-corrected chi connectivity index (χ3v) is 4.42. The predicted octanol–water partition coefficient (Wildman–Crippen LogP) is 3.14. The van der Waals surface area contributed by atoms with Gasteiger partial charge in [0.2, 0.25) is 11.7 Å². The molecule has 9 heteroatoms. The molecule has 30 heavy (non-hydrogen) atoms. The van der Waals surface area contributed by atoms with Gasteiger partial charge in [-0.25, -0.2) is 4.79 Å². The summed E-state index contributed by atoms with van der Waals surface area (Å²) in [7, 11) is 0.